The fourth-order valence-electron chi connectivity index (χ4n) is 14.1. The van der Waals surface area contributed by atoms with Crippen molar-refractivity contribution in [1.82, 2.24) is 0 Å². The van der Waals surface area contributed by atoms with Gasteiger partial charge in [-0.15, -0.1) is 0 Å². The van der Waals surface area contributed by atoms with Crippen LogP contribution in [0.2, 0.25) is 0 Å². The molecule has 0 aromatic heterocycles. The van der Waals surface area contributed by atoms with Crippen LogP contribution >= 0.6 is 0 Å². The first-order chi connectivity index (χ1) is 40.5. The highest BCUT2D eigenvalue weighted by Gasteiger charge is 2.32. The minimum Gasteiger partial charge on any atom is -0.0648 e. The molecule has 0 nitrogen and oxygen atoms in total. The summed E-state index contributed by atoms with van der Waals surface area (Å²) in [6, 6.07) is 115. The molecule has 0 heterocycles. The van der Waals surface area contributed by atoms with Gasteiger partial charge in [0.1, 0.15) is 0 Å². The lowest BCUT2D eigenvalue weighted by molar-refractivity contribution is 0.369. The summed E-state index contributed by atoms with van der Waals surface area (Å²) >= 11 is 0. The van der Waals surface area contributed by atoms with Crippen LogP contribution in [0.15, 0.2) is 303 Å². The molecule has 10 unspecified atom stereocenters. The van der Waals surface area contributed by atoms with Crippen LogP contribution in [0.5, 0.6) is 0 Å². The van der Waals surface area contributed by atoms with Crippen molar-refractivity contribution in [3.8, 4) is 0 Å². The van der Waals surface area contributed by atoms with Crippen molar-refractivity contribution in [1.29, 1.82) is 0 Å². The van der Waals surface area contributed by atoms with Gasteiger partial charge in [0.05, 0.1) is 0 Å². The molecule has 414 valence electrons. The minimum absolute atomic E-state index is 0.323. The van der Waals surface area contributed by atoms with Crippen LogP contribution in [0.4, 0.5) is 0 Å². The first kappa shape index (κ1) is 57.4. The predicted molar refractivity (Wildman–Crippen MR) is 349 cm³/mol. The Hall–Kier alpha value is -7.80. The smallest absolute Gasteiger partial charge is 0.0150 e. The summed E-state index contributed by atoms with van der Waals surface area (Å²) < 4.78 is 0. The van der Waals surface area contributed by atoms with Crippen molar-refractivity contribution in [3.63, 3.8) is 0 Å². The van der Waals surface area contributed by atoms with Gasteiger partial charge >= 0.3 is 0 Å². The molecule has 0 heteroatoms. The van der Waals surface area contributed by atoms with E-state index in [0.717, 1.165) is 64.2 Å². The van der Waals surface area contributed by atoms with E-state index in [0.29, 0.717) is 59.2 Å². The average molecular weight is 1070 g/mol. The van der Waals surface area contributed by atoms with Crippen molar-refractivity contribution in [2.24, 2.45) is 0 Å². The fourth-order valence-corrected chi connectivity index (χ4v) is 14.1. The number of hydrogen-bond donors (Lipinski definition) is 0. The van der Waals surface area contributed by atoms with Crippen molar-refractivity contribution in [2.45, 2.75) is 137 Å². The van der Waals surface area contributed by atoms with Gasteiger partial charge in [0, 0.05) is 0 Å². The predicted octanol–water partition coefficient (Wildman–Crippen LogP) is 22.8. The topological polar surface area (TPSA) is 0 Å². The molecule has 0 saturated carbocycles. The van der Waals surface area contributed by atoms with E-state index in [1.165, 1.54) is 55.6 Å². The van der Waals surface area contributed by atoms with E-state index >= 15 is 0 Å². The zero-order valence-electron chi connectivity index (χ0n) is 48.7. The zero-order valence-corrected chi connectivity index (χ0v) is 48.7. The lowest BCUT2D eigenvalue weighted by Crippen LogP contribution is -2.18. The van der Waals surface area contributed by atoms with Gasteiger partial charge in [0.25, 0.3) is 0 Å². The van der Waals surface area contributed by atoms with Gasteiger partial charge < -0.3 is 0 Å². The van der Waals surface area contributed by atoms with Gasteiger partial charge in [-0.25, -0.2) is 0 Å². The SMILES string of the molecule is CCC(CC(CC(CC(CC(CC(CC(CC(CC(CC(C)c1ccccc1)c1ccccc1)c1ccccc1)c1ccccc1)c1ccccc1)c1ccccc1)c1ccccc1)c1ccccc1)c1ccccc1)c1ccccc1. The average Bonchev–Trinajstić information content (AvgIpc) is 3.57. The quantitative estimate of drug-likeness (QED) is 0.0438. The Morgan fingerprint density at radius 1 is 0.171 bits per heavy atom. The first-order valence-electron chi connectivity index (χ1n) is 31.0. The lowest BCUT2D eigenvalue weighted by Gasteiger charge is -2.34. The number of hydrogen-bond acceptors (Lipinski definition) is 0. The monoisotopic (exact) mass is 1070 g/mol. The van der Waals surface area contributed by atoms with Gasteiger partial charge in [0.2, 0.25) is 0 Å². The maximum atomic E-state index is 2.43. The van der Waals surface area contributed by atoms with E-state index in [4.69, 9.17) is 0 Å². The Labute approximate surface area is 493 Å². The van der Waals surface area contributed by atoms with Crippen molar-refractivity contribution < 1.29 is 0 Å². The third-order valence-electron chi connectivity index (χ3n) is 18.5. The summed E-state index contributed by atoms with van der Waals surface area (Å²) in [5, 5.41) is 0. The van der Waals surface area contributed by atoms with Gasteiger partial charge in [-0.1, -0.05) is 317 Å². The van der Waals surface area contributed by atoms with E-state index in [2.05, 4.69) is 317 Å². The molecule has 10 atom stereocenters. The Balaban J connectivity index is 1.00. The molecule has 0 aliphatic carbocycles. The lowest BCUT2D eigenvalue weighted by atomic mass is 9.70. The Morgan fingerprint density at radius 3 is 0.476 bits per heavy atom. The highest BCUT2D eigenvalue weighted by atomic mass is 14.4. The summed E-state index contributed by atoms with van der Waals surface area (Å²) in [5.74, 6) is 3.77. The largest absolute Gasteiger partial charge is 0.0648 e. The van der Waals surface area contributed by atoms with E-state index in [-0.39, 0.29) is 0 Å². The zero-order chi connectivity index (χ0) is 56.0. The third-order valence-corrected chi connectivity index (χ3v) is 18.5. The normalized spacial score (nSPS) is 15.2. The van der Waals surface area contributed by atoms with Crippen LogP contribution in [0, 0.1) is 0 Å². The molecule has 0 radical (unpaired) electrons. The Bertz CT molecular complexity index is 3280. The van der Waals surface area contributed by atoms with Gasteiger partial charge in [-0.3, -0.25) is 0 Å². The third kappa shape index (κ3) is 16.2. The Morgan fingerprint density at radius 2 is 0.305 bits per heavy atom. The summed E-state index contributed by atoms with van der Waals surface area (Å²) in [6.45, 7) is 4.82. The van der Waals surface area contributed by atoms with Gasteiger partial charge in [-0.2, -0.15) is 0 Å². The fraction of sp³-hybridized carbons (Fsp3) is 0.268. The molecule has 0 amide bonds. The van der Waals surface area contributed by atoms with E-state index in [9.17, 15) is 0 Å². The summed E-state index contributed by atoms with van der Waals surface area (Å²) in [7, 11) is 0. The Kier molecular flexibility index (Phi) is 21.2. The van der Waals surface area contributed by atoms with Crippen molar-refractivity contribution in [2.75, 3.05) is 0 Å². The van der Waals surface area contributed by atoms with Crippen LogP contribution in [-0.4, -0.2) is 0 Å². The van der Waals surface area contributed by atoms with E-state index in [1.54, 1.807) is 0 Å². The number of benzene rings is 10. The van der Waals surface area contributed by atoms with Crippen LogP contribution in [0.1, 0.15) is 193 Å². The van der Waals surface area contributed by atoms with Gasteiger partial charge in [-0.05, 0) is 179 Å². The molecule has 0 spiro atoms. The molecule has 0 saturated heterocycles. The van der Waals surface area contributed by atoms with Crippen LogP contribution in [-0.2, 0) is 0 Å². The number of rotatable bonds is 29. The second kappa shape index (κ2) is 30.3. The second-order valence-electron chi connectivity index (χ2n) is 23.8. The second-order valence-corrected chi connectivity index (χ2v) is 23.8. The van der Waals surface area contributed by atoms with Crippen molar-refractivity contribution in [3.05, 3.63) is 359 Å². The molecule has 10 aromatic carbocycles. The maximum Gasteiger partial charge on any atom is -0.0150 e. The van der Waals surface area contributed by atoms with Gasteiger partial charge in [0.15, 0.2) is 0 Å². The molecular weight excluding hydrogens is 985 g/mol. The van der Waals surface area contributed by atoms with Crippen LogP contribution in [0.25, 0.3) is 0 Å². The molecule has 0 aliphatic rings. The minimum atomic E-state index is 0.323. The van der Waals surface area contributed by atoms with Crippen LogP contribution < -0.4 is 0 Å². The molecule has 82 heavy (non-hydrogen) atoms. The van der Waals surface area contributed by atoms with E-state index < -0.39 is 0 Å². The highest BCUT2D eigenvalue weighted by Crippen LogP contribution is 2.49. The summed E-state index contributed by atoms with van der Waals surface area (Å²) in [6.07, 6.45) is 10.9. The first-order valence-corrected chi connectivity index (χ1v) is 31.0. The summed E-state index contributed by atoms with van der Waals surface area (Å²) in [4.78, 5) is 0. The molecule has 0 N–H and O–H groups in total. The van der Waals surface area contributed by atoms with E-state index in [1.807, 2.05) is 0 Å². The standard InChI is InChI=1S/C82H86/c1-3-64(66-36-16-5-17-37-66)55-76(68-40-20-7-21-41-68)57-78(70-44-24-9-25-45-70)59-80(72-48-28-11-29-49-72)61-82(74-52-32-13-33-53-74)62-81(73-50-30-12-31-51-73)60-79(71-46-26-10-27-47-71)58-77(69-42-22-8-23-43-69)56-75(67-38-18-6-19-39-67)54-63(2)65-34-14-4-15-35-65/h4-53,63-64,75-82H,3,54-62H2,1-2H3. The maximum absolute atomic E-state index is 2.43. The van der Waals surface area contributed by atoms with Crippen LogP contribution in [0.3, 0.4) is 0 Å². The summed E-state index contributed by atoms with van der Waals surface area (Å²) in [5.41, 5.74) is 14.5. The molecule has 10 aromatic rings. The molecule has 10 rings (SSSR count). The molecule has 0 bridgehead atoms. The molecular formula is C82H86. The highest BCUT2D eigenvalue weighted by molar-refractivity contribution is 5.33. The molecule has 0 aliphatic heterocycles. The van der Waals surface area contributed by atoms with Crippen molar-refractivity contribution >= 4 is 0 Å². The molecule has 0 fully saturated rings.